The molecule has 0 aliphatic carbocycles. The Bertz CT molecular complexity index is 630. The van der Waals surface area contributed by atoms with Gasteiger partial charge in [0, 0.05) is 15.0 Å². The Balaban J connectivity index is 6.50. The van der Waals surface area contributed by atoms with E-state index in [0.717, 1.165) is 0 Å². The second kappa shape index (κ2) is 8.33. The van der Waals surface area contributed by atoms with Crippen LogP contribution in [-0.2, 0) is 0 Å². The summed E-state index contributed by atoms with van der Waals surface area (Å²) in [5, 5.41) is 0. The van der Waals surface area contributed by atoms with E-state index in [9.17, 15) is 74.6 Å². The molecule has 0 heterocycles. The molecule has 21 heteroatoms. The molecule has 1 atom stereocenters. The molecule has 0 saturated carbocycles. The van der Waals surface area contributed by atoms with E-state index in [1.807, 2.05) is 0 Å². The van der Waals surface area contributed by atoms with Crippen LogP contribution in [0.3, 0.4) is 0 Å². The molecule has 0 fully saturated rings. The van der Waals surface area contributed by atoms with E-state index in [1.54, 1.807) is 0 Å². The van der Waals surface area contributed by atoms with Crippen LogP contribution in [-0.4, -0.2) is 79.3 Å². The average molecular weight is 554 g/mol. The normalized spacial score (nSPS) is 17.6. The summed E-state index contributed by atoms with van der Waals surface area (Å²) in [6.45, 7) is 0. The first-order valence-electron chi connectivity index (χ1n) is 7.60. The molecule has 188 valence electrons. The van der Waals surface area contributed by atoms with Crippen LogP contribution in [0.25, 0.3) is 0 Å². The third-order valence-corrected chi connectivity index (χ3v) is 18.5. The Morgan fingerprint density at radius 1 is 0.548 bits per heavy atom. The van der Waals surface area contributed by atoms with E-state index < -0.39 is 77.2 Å². The maximum absolute atomic E-state index is 13.5. The molecular weight excluding hydrogens is 543 g/mol. The minimum absolute atomic E-state index is 0.231. The Morgan fingerprint density at radius 3 is 1.13 bits per heavy atom. The summed E-state index contributed by atoms with van der Waals surface area (Å²) >= 11 is 0. The van der Waals surface area contributed by atoms with Gasteiger partial charge >= 0.3 is 47.6 Å². The summed E-state index contributed by atoms with van der Waals surface area (Å²) < 4.78 is 221. The monoisotopic (exact) mass is 554 g/mol. The number of hydrogen-bond acceptors (Lipinski definition) is 1. The Morgan fingerprint density at radius 2 is 0.839 bits per heavy atom. The molecule has 0 aromatic rings. The highest BCUT2D eigenvalue weighted by atomic mass is 29.5. The van der Waals surface area contributed by atoms with Gasteiger partial charge < -0.3 is 4.80 Å². The van der Waals surface area contributed by atoms with Gasteiger partial charge in [-0.2, -0.15) is 74.6 Å². The maximum atomic E-state index is 13.5. The minimum Gasteiger partial charge on any atom is -0.439 e. The van der Waals surface area contributed by atoms with Crippen LogP contribution in [0.4, 0.5) is 74.6 Å². The van der Waals surface area contributed by atoms with Crippen LogP contribution in [0.5, 0.6) is 0 Å². The highest BCUT2D eigenvalue weighted by Gasteiger charge is 2.95. The van der Waals surface area contributed by atoms with Crippen molar-refractivity contribution in [2.45, 2.75) is 60.1 Å². The van der Waals surface area contributed by atoms with Crippen molar-refractivity contribution in [2.75, 3.05) is 0 Å². The van der Waals surface area contributed by atoms with Crippen LogP contribution in [0.15, 0.2) is 0 Å². The van der Waals surface area contributed by atoms with E-state index >= 15 is 0 Å². The van der Waals surface area contributed by atoms with Crippen LogP contribution < -0.4 is 0 Å². The van der Waals surface area contributed by atoms with Gasteiger partial charge in [-0.1, -0.05) is 0 Å². The van der Waals surface area contributed by atoms with Gasteiger partial charge in [-0.3, -0.25) is 0 Å². The molecule has 0 bridgehead atoms. The topological polar surface area (TPSA) is 20.2 Å². The van der Waals surface area contributed by atoms with Gasteiger partial charge in [-0.05, 0) is 15.8 Å². The standard InChI is InChI=1S/C10H11F17OSi3/c11-3(12,1-2-31(28)30-29)4(13,14)5(15,16)6(17,18)7(19,20)8(21,22)9(23,24)10(25,26)27/h28,31H,1-2,30H2,29H3. The van der Waals surface area contributed by atoms with E-state index in [-0.39, 0.29) is 9.76 Å². The van der Waals surface area contributed by atoms with Gasteiger partial charge in [0.2, 0.25) is 0 Å². The zero-order chi connectivity index (χ0) is 25.7. The predicted octanol–water partition coefficient (Wildman–Crippen LogP) is 3.05. The molecular formula is C10H11F17OSi3. The molecule has 0 spiro atoms. The summed E-state index contributed by atoms with van der Waals surface area (Å²) in [4.78, 5) is 9.16. The lowest BCUT2D eigenvalue weighted by molar-refractivity contribution is -0.461. The van der Waals surface area contributed by atoms with Crippen molar-refractivity contribution in [2.24, 2.45) is 0 Å². The minimum atomic E-state index is -8.60. The average Bonchev–Trinajstić information content (AvgIpc) is 2.57. The molecule has 1 unspecified atom stereocenters. The molecule has 0 aromatic heterocycles. The summed E-state index contributed by atoms with van der Waals surface area (Å²) in [6, 6.07) is -1.29. The van der Waals surface area contributed by atoms with E-state index in [1.165, 1.54) is 0 Å². The van der Waals surface area contributed by atoms with Gasteiger partial charge in [-0.25, -0.2) is 0 Å². The fourth-order valence-corrected chi connectivity index (χ4v) is 8.52. The highest BCUT2D eigenvalue weighted by molar-refractivity contribution is 7.28. The molecule has 0 amide bonds. The summed E-state index contributed by atoms with van der Waals surface area (Å²) in [5.74, 6) is -56.0. The van der Waals surface area contributed by atoms with Crippen LogP contribution in [0, 0.1) is 0 Å². The van der Waals surface area contributed by atoms with Crippen LogP contribution in [0.2, 0.25) is 6.04 Å². The van der Waals surface area contributed by atoms with E-state index in [0.29, 0.717) is 0 Å². The summed E-state index contributed by atoms with van der Waals surface area (Å²) in [7, 11) is -4.25. The lowest BCUT2D eigenvalue weighted by Crippen LogP contribution is -2.74. The zero-order valence-corrected chi connectivity index (χ0v) is 19.1. The van der Waals surface area contributed by atoms with Crippen LogP contribution in [0.1, 0.15) is 6.42 Å². The third-order valence-electron chi connectivity index (χ3n) is 4.05. The molecule has 1 N–H and O–H groups in total. The second-order valence-corrected chi connectivity index (χ2v) is 21.6. The zero-order valence-electron chi connectivity index (χ0n) is 14.6. The fraction of sp³-hybridized carbons (Fsp3) is 1.00. The lowest BCUT2D eigenvalue weighted by atomic mass is 9.88. The summed E-state index contributed by atoms with van der Waals surface area (Å²) in [5.41, 5.74) is 0. The maximum Gasteiger partial charge on any atom is 0.460 e. The number of alkyl halides is 17. The van der Waals surface area contributed by atoms with Crippen molar-refractivity contribution in [3.05, 3.63) is 0 Å². The quantitative estimate of drug-likeness (QED) is 0.326. The first-order chi connectivity index (χ1) is 13.2. The molecule has 0 saturated heterocycles. The summed E-state index contributed by atoms with van der Waals surface area (Å²) in [6.07, 6.45) is -10.2. The van der Waals surface area contributed by atoms with Gasteiger partial charge in [0.05, 0.1) is 0 Å². The van der Waals surface area contributed by atoms with Crippen molar-refractivity contribution < 1.29 is 79.4 Å². The molecule has 1 nitrogen and oxygen atoms in total. The van der Waals surface area contributed by atoms with Crippen molar-refractivity contribution in [1.29, 1.82) is 0 Å². The number of halogens is 17. The number of hydrogen-bond donors (Lipinski definition) is 1. The largest absolute Gasteiger partial charge is 0.460 e. The Hall–Kier alpha value is -0.579. The third kappa shape index (κ3) is 4.46. The first kappa shape index (κ1) is 30.4. The molecule has 0 rings (SSSR count). The molecule has 0 aliphatic rings. The van der Waals surface area contributed by atoms with Gasteiger partial charge in [0.1, 0.15) is 8.56 Å². The van der Waals surface area contributed by atoms with Crippen molar-refractivity contribution in [1.82, 2.24) is 0 Å². The van der Waals surface area contributed by atoms with Crippen molar-refractivity contribution in [3.8, 4) is 0 Å². The smallest absolute Gasteiger partial charge is 0.439 e. The Labute approximate surface area is 167 Å². The lowest BCUT2D eigenvalue weighted by Gasteiger charge is -2.42. The van der Waals surface area contributed by atoms with Crippen LogP contribution >= 0.6 is 0 Å². The fourth-order valence-electron chi connectivity index (χ4n) is 1.91. The predicted molar refractivity (Wildman–Crippen MR) is 78.0 cm³/mol. The first-order valence-corrected chi connectivity index (χ1v) is 17.9. The second-order valence-electron chi connectivity index (χ2n) is 6.25. The SMILES string of the molecule is O[SiH](CCC(F)(F)C(F)(F)C(F)(F)C(F)(F)C(F)(F)C(F)(F)C(F)(F)C(F)(F)F)[SiH2][SiH3]. The molecule has 0 aromatic carbocycles. The van der Waals surface area contributed by atoms with Gasteiger partial charge in [-0.15, -0.1) is 0 Å². The number of rotatable bonds is 10. The molecule has 0 aliphatic heterocycles. The highest BCUT2D eigenvalue weighted by Crippen LogP contribution is 2.64. The molecule has 31 heavy (non-hydrogen) atoms. The Kier molecular flexibility index (Phi) is 8.17. The van der Waals surface area contributed by atoms with Gasteiger partial charge in [0.25, 0.3) is 0 Å². The van der Waals surface area contributed by atoms with Gasteiger partial charge in [0.15, 0.2) is 0 Å². The van der Waals surface area contributed by atoms with E-state index in [2.05, 4.69) is 0 Å². The van der Waals surface area contributed by atoms with E-state index in [4.69, 9.17) is 4.80 Å². The van der Waals surface area contributed by atoms with Crippen molar-refractivity contribution in [3.63, 3.8) is 0 Å². The van der Waals surface area contributed by atoms with Crippen molar-refractivity contribution >= 4 is 26.9 Å². The molecule has 0 radical (unpaired) electrons.